The number of nitrogen functional groups attached to an aromatic ring is 1. The van der Waals surface area contributed by atoms with Crippen molar-refractivity contribution >= 4 is 22.4 Å². The molecule has 4 heteroatoms. The lowest BCUT2D eigenvalue weighted by Crippen LogP contribution is -2.06. The Labute approximate surface area is 101 Å². The van der Waals surface area contributed by atoms with E-state index in [4.69, 9.17) is 5.73 Å². The molecular formula is C13H18N4. The lowest BCUT2D eigenvalue weighted by atomic mass is 10.1. The van der Waals surface area contributed by atoms with Crippen LogP contribution in [0.5, 0.6) is 0 Å². The topological polar surface area (TPSA) is 63.8 Å². The van der Waals surface area contributed by atoms with E-state index in [9.17, 15) is 0 Å². The fraction of sp³-hybridized carbons (Fsp3) is 0.385. The molecule has 0 aliphatic heterocycles. The minimum Gasteiger partial charge on any atom is -0.399 e. The molecule has 1 aromatic heterocycles. The lowest BCUT2D eigenvalue weighted by molar-refractivity contribution is 0.607. The average Bonchev–Trinajstić information content (AvgIpc) is 2.28. The first-order valence-electron chi connectivity index (χ1n) is 5.91. The van der Waals surface area contributed by atoms with Crippen LogP contribution in [-0.2, 0) is 0 Å². The van der Waals surface area contributed by atoms with Crippen LogP contribution in [0.25, 0.3) is 10.9 Å². The fourth-order valence-electron chi connectivity index (χ4n) is 1.69. The normalized spacial score (nSPS) is 11.0. The third kappa shape index (κ3) is 2.84. The second kappa shape index (κ2) is 4.99. The minimum atomic E-state index is 0.686. The fourth-order valence-corrected chi connectivity index (χ4v) is 1.69. The number of nitrogens with zero attached hydrogens (tertiary/aromatic N) is 2. The van der Waals surface area contributed by atoms with E-state index in [0.29, 0.717) is 5.92 Å². The molecule has 0 bridgehead atoms. The van der Waals surface area contributed by atoms with Gasteiger partial charge < -0.3 is 11.1 Å². The van der Waals surface area contributed by atoms with Crippen molar-refractivity contribution in [3.05, 3.63) is 24.5 Å². The van der Waals surface area contributed by atoms with E-state index in [0.717, 1.165) is 35.4 Å². The molecule has 1 heterocycles. The van der Waals surface area contributed by atoms with Gasteiger partial charge in [-0.05, 0) is 30.5 Å². The maximum atomic E-state index is 5.73. The maximum absolute atomic E-state index is 5.73. The summed E-state index contributed by atoms with van der Waals surface area (Å²) >= 11 is 0. The summed E-state index contributed by atoms with van der Waals surface area (Å²) in [7, 11) is 0. The van der Waals surface area contributed by atoms with Crippen molar-refractivity contribution in [2.24, 2.45) is 5.92 Å². The summed E-state index contributed by atoms with van der Waals surface area (Å²) in [6.07, 6.45) is 2.69. The summed E-state index contributed by atoms with van der Waals surface area (Å²) in [5.41, 5.74) is 7.34. The second-order valence-electron chi connectivity index (χ2n) is 4.61. The van der Waals surface area contributed by atoms with Crippen molar-refractivity contribution in [1.82, 2.24) is 9.97 Å². The number of benzene rings is 1. The Morgan fingerprint density at radius 1 is 1.29 bits per heavy atom. The number of hydrogen-bond donors (Lipinski definition) is 2. The highest BCUT2D eigenvalue weighted by Gasteiger charge is 2.03. The monoisotopic (exact) mass is 230 g/mol. The largest absolute Gasteiger partial charge is 0.399 e. The van der Waals surface area contributed by atoms with E-state index in [1.54, 1.807) is 6.33 Å². The van der Waals surface area contributed by atoms with E-state index in [1.165, 1.54) is 0 Å². The Kier molecular flexibility index (Phi) is 3.42. The molecule has 0 unspecified atom stereocenters. The summed E-state index contributed by atoms with van der Waals surface area (Å²) in [5, 5.41) is 4.37. The number of hydrogen-bond acceptors (Lipinski definition) is 4. The van der Waals surface area contributed by atoms with Gasteiger partial charge in [0.15, 0.2) is 0 Å². The van der Waals surface area contributed by atoms with Gasteiger partial charge in [0.2, 0.25) is 0 Å². The van der Waals surface area contributed by atoms with Crippen molar-refractivity contribution in [3.8, 4) is 0 Å². The second-order valence-corrected chi connectivity index (χ2v) is 4.61. The zero-order chi connectivity index (χ0) is 12.3. The van der Waals surface area contributed by atoms with Gasteiger partial charge in [-0.2, -0.15) is 0 Å². The van der Waals surface area contributed by atoms with Gasteiger partial charge in [-0.1, -0.05) is 13.8 Å². The Morgan fingerprint density at radius 3 is 2.88 bits per heavy atom. The number of nitrogens with one attached hydrogen (secondary N) is 1. The summed E-state index contributed by atoms with van der Waals surface area (Å²) in [6, 6.07) is 5.70. The molecule has 0 fully saturated rings. The maximum Gasteiger partial charge on any atom is 0.137 e. The molecule has 1 aromatic carbocycles. The molecule has 90 valence electrons. The first kappa shape index (κ1) is 11.6. The predicted octanol–water partition coefficient (Wildman–Crippen LogP) is 2.67. The first-order valence-corrected chi connectivity index (χ1v) is 5.91. The summed E-state index contributed by atoms with van der Waals surface area (Å²) in [6.45, 7) is 5.34. The molecule has 0 saturated heterocycles. The predicted molar refractivity (Wildman–Crippen MR) is 71.9 cm³/mol. The van der Waals surface area contributed by atoms with Crippen LogP contribution < -0.4 is 11.1 Å². The minimum absolute atomic E-state index is 0.686. The van der Waals surface area contributed by atoms with Crippen LogP contribution >= 0.6 is 0 Å². The Bertz CT molecular complexity index is 508. The van der Waals surface area contributed by atoms with Crippen LogP contribution in [0.1, 0.15) is 20.3 Å². The third-order valence-corrected chi connectivity index (χ3v) is 2.67. The zero-order valence-electron chi connectivity index (χ0n) is 10.3. The Morgan fingerprint density at radius 2 is 2.12 bits per heavy atom. The molecule has 0 radical (unpaired) electrons. The molecule has 3 N–H and O–H groups in total. The standard InChI is InChI=1S/C13H18N4/c1-9(2)5-6-15-13-11-4-3-10(14)7-12(11)16-8-17-13/h3-4,7-9H,5-6,14H2,1-2H3,(H,15,16,17). The summed E-state index contributed by atoms with van der Waals surface area (Å²) < 4.78 is 0. The van der Waals surface area contributed by atoms with Gasteiger partial charge in [0, 0.05) is 17.6 Å². The number of rotatable bonds is 4. The molecule has 0 amide bonds. The highest BCUT2D eigenvalue weighted by molar-refractivity contribution is 5.90. The SMILES string of the molecule is CC(C)CCNc1ncnc2cc(N)ccc12. The molecule has 2 aromatic rings. The van der Waals surface area contributed by atoms with Crippen molar-refractivity contribution in [1.29, 1.82) is 0 Å². The van der Waals surface area contributed by atoms with E-state index in [-0.39, 0.29) is 0 Å². The molecule has 4 nitrogen and oxygen atoms in total. The lowest BCUT2D eigenvalue weighted by Gasteiger charge is -2.09. The van der Waals surface area contributed by atoms with Crippen molar-refractivity contribution in [2.45, 2.75) is 20.3 Å². The van der Waals surface area contributed by atoms with Crippen LogP contribution in [0.3, 0.4) is 0 Å². The molecule has 0 saturated carbocycles. The zero-order valence-corrected chi connectivity index (χ0v) is 10.3. The Balaban J connectivity index is 2.22. The number of nitrogens with two attached hydrogens (primary N) is 1. The highest BCUT2D eigenvalue weighted by atomic mass is 15.0. The number of anilines is 2. The number of aromatic nitrogens is 2. The van der Waals surface area contributed by atoms with Crippen molar-refractivity contribution in [3.63, 3.8) is 0 Å². The van der Waals surface area contributed by atoms with Crippen LogP contribution in [0.15, 0.2) is 24.5 Å². The average molecular weight is 230 g/mol. The molecule has 0 atom stereocenters. The third-order valence-electron chi connectivity index (χ3n) is 2.67. The van der Waals surface area contributed by atoms with Gasteiger partial charge in [-0.25, -0.2) is 9.97 Å². The Hall–Kier alpha value is -1.84. The molecule has 2 rings (SSSR count). The molecule has 0 aliphatic rings. The van der Waals surface area contributed by atoms with Gasteiger partial charge in [0.1, 0.15) is 12.1 Å². The van der Waals surface area contributed by atoms with E-state index in [2.05, 4.69) is 29.1 Å². The van der Waals surface area contributed by atoms with Gasteiger partial charge in [-0.3, -0.25) is 0 Å². The van der Waals surface area contributed by atoms with Crippen molar-refractivity contribution < 1.29 is 0 Å². The van der Waals surface area contributed by atoms with Crippen LogP contribution in [0, 0.1) is 5.92 Å². The van der Waals surface area contributed by atoms with E-state index in [1.807, 2.05) is 18.2 Å². The van der Waals surface area contributed by atoms with Crippen molar-refractivity contribution in [2.75, 3.05) is 17.6 Å². The van der Waals surface area contributed by atoms with E-state index >= 15 is 0 Å². The van der Waals surface area contributed by atoms with Gasteiger partial charge in [0.25, 0.3) is 0 Å². The van der Waals surface area contributed by atoms with Gasteiger partial charge in [-0.15, -0.1) is 0 Å². The van der Waals surface area contributed by atoms with Gasteiger partial charge in [0.05, 0.1) is 5.52 Å². The van der Waals surface area contributed by atoms with E-state index < -0.39 is 0 Å². The molecule has 17 heavy (non-hydrogen) atoms. The quantitative estimate of drug-likeness (QED) is 0.793. The van der Waals surface area contributed by atoms with Crippen LogP contribution in [0.4, 0.5) is 11.5 Å². The summed E-state index contributed by atoms with van der Waals surface area (Å²) in [4.78, 5) is 8.49. The molecule has 0 spiro atoms. The smallest absolute Gasteiger partial charge is 0.137 e. The summed E-state index contributed by atoms with van der Waals surface area (Å²) in [5.74, 6) is 1.57. The molecule has 0 aliphatic carbocycles. The highest BCUT2D eigenvalue weighted by Crippen LogP contribution is 2.21. The van der Waals surface area contributed by atoms with Crippen LogP contribution in [-0.4, -0.2) is 16.5 Å². The van der Waals surface area contributed by atoms with Gasteiger partial charge >= 0.3 is 0 Å². The number of fused-ring (bicyclic) bond motifs is 1. The molecular weight excluding hydrogens is 212 g/mol. The first-order chi connectivity index (χ1) is 8.16. The van der Waals surface area contributed by atoms with Crippen LogP contribution in [0.2, 0.25) is 0 Å².